The molecule has 0 aromatic rings. The molecular formula is C7H11NO. The molecule has 2 heteroatoms. The number of nitrogens with one attached hydrogen (secondary N) is 1. The maximum Gasteiger partial charge on any atom is 0.0884 e. The van der Waals surface area contributed by atoms with Gasteiger partial charge in [-0.1, -0.05) is 12.7 Å². The molecule has 0 radical (unpaired) electrons. The largest absolute Gasteiger partial charge is 0.371 e. The van der Waals surface area contributed by atoms with E-state index in [9.17, 15) is 0 Å². The van der Waals surface area contributed by atoms with Gasteiger partial charge in [0.05, 0.1) is 18.9 Å². The van der Waals surface area contributed by atoms with E-state index in [0.29, 0.717) is 18.9 Å². The molecule has 0 atom stereocenters. The molecule has 0 fully saturated rings. The van der Waals surface area contributed by atoms with Crippen molar-refractivity contribution < 1.29 is 4.74 Å². The molecular weight excluding hydrogens is 114 g/mol. The average molecular weight is 125 g/mol. The predicted molar refractivity (Wildman–Crippen MR) is 38.9 cm³/mol. The minimum absolute atomic E-state index is 0.329. The van der Waals surface area contributed by atoms with E-state index in [0.717, 1.165) is 0 Å². The first-order chi connectivity index (χ1) is 4.31. The van der Waals surface area contributed by atoms with Crippen LogP contribution in [-0.2, 0) is 4.74 Å². The van der Waals surface area contributed by atoms with E-state index in [-0.39, 0.29) is 0 Å². The van der Waals surface area contributed by atoms with Crippen LogP contribution in [0.15, 0.2) is 25.3 Å². The highest BCUT2D eigenvalue weighted by atomic mass is 16.5. The average Bonchev–Trinajstić information content (AvgIpc) is 1.89. The Morgan fingerprint density at radius 3 is 2.67 bits per heavy atom. The van der Waals surface area contributed by atoms with Crippen molar-refractivity contribution in [2.45, 2.75) is 0 Å². The van der Waals surface area contributed by atoms with Gasteiger partial charge in [0.1, 0.15) is 0 Å². The molecule has 0 saturated heterocycles. The zero-order valence-electron chi connectivity index (χ0n) is 5.39. The van der Waals surface area contributed by atoms with Gasteiger partial charge in [0.15, 0.2) is 0 Å². The van der Waals surface area contributed by atoms with E-state index in [1.807, 2.05) is 0 Å². The summed E-state index contributed by atoms with van der Waals surface area (Å²) in [4.78, 5) is 0. The van der Waals surface area contributed by atoms with Gasteiger partial charge in [-0.25, -0.2) is 0 Å². The molecule has 0 rings (SSSR count). The molecule has 0 unspecified atom stereocenters. The van der Waals surface area contributed by atoms with Crippen LogP contribution in [0.3, 0.4) is 0 Å². The number of hydrogen-bond donors (Lipinski definition) is 1. The molecule has 0 amide bonds. The topological polar surface area (TPSA) is 33.1 Å². The molecule has 0 aliphatic carbocycles. The zero-order chi connectivity index (χ0) is 7.11. The summed E-state index contributed by atoms with van der Waals surface area (Å²) in [7, 11) is 0. The first kappa shape index (κ1) is 8.11. The van der Waals surface area contributed by atoms with Crippen molar-refractivity contribution in [2.24, 2.45) is 0 Å². The molecule has 0 saturated carbocycles. The van der Waals surface area contributed by atoms with Crippen molar-refractivity contribution in [3.8, 4) is 0 Å². The fourth-order valence-electron chi connectivity index (χ4n) is 0.311. The second-order valence-corrected chi connectivity index (χ2v) is 1.53. The van der Waals surface area contributed by atoms with Crippen molar-refractivity contribution in [2.75, 3.05) is 13.2 Å². The molecule has 0 bridgehead atoms. The number of rotatable bonds is 5. The lowest BCUT2D eigenvalue weighted by Crippen LogP contribution is -2.03. The predicted octanol–water partition coefficient (Wildman–Crippen LogP) is 1.39. The fraction of sp³-hybridized carbons (Fsp3) is 0.286. The normalized spacial score (nSPS) is 8.44. The summed E-state index contributed by atoms with van der Waals surface area (Å²) < 4.78 is 4.92. The summed E-state index contributed by atoms with van der Waals surface area (Å²) in [5, 5.41) is 7.04. The summed E-state index contributed by atoms with van der Waals surface area (Å²) in [5.74, 6) is 0. The Kier molecular flexibility index (Phi) is 4.73. The molecule has 9 heavy (non-hydrogen) atoms. The van der Waals surface area contributed by atoms with Gasteiger partial charge >= 0.3 is 0 Å². The van der Waals surface area contributed by atoms with Crippen LogP contribution in [0, 0.1) is 5.41 Å². The van der Waals surface area contributed by atoms with Crippen LogP contribution < -0.4 is 0 Å². The van der Waals surface area contributed by atoms with E-state index >= 15 is 0 Å². The van der Waals surface area contributed by atoms with Crippen molar-refractivity contribution in [1.82, 2.24) is 0 Å². The summed E-state index contributed by atoms with van der Waals surface area (Å²) >= 11 is 0. The standard InChI is InChI=1S/C7H11NO/c1-3-5-9-6-7(8)4-2/h3-4,8H,1-2,5-6H2. The van der Waals surface area contributed by atoms with Gasteiger partial charge in [0.25, 0.3) is 0 Å². The third-order valence-electron chi connectivity index (χ3n) is 0.740. The molecule has 50 valence electrons. The van der Waals surface area contributed by atoms with Gasteiger partial charge in [0, 0.05) is 0 Å². The van der Waals surface area contributed by atoms with E-state index in [1.165, 1.54) is 6.08 Å². The minimum Gasteiger partial charge on any atom is -0.371 e. The third-order valence-corrected chi connectivity index (χ3v) is 0.740. The molecule has 0 aromatic heterocycles. The Morgan fingerprint density at radius 2 is 2.22 bits per heavy atom. The van der Waals surface area contributed by atoms with Crippen LogP contribution in [0.25, 0.3) is 0 Å². The fourth-order valence-corrected chi connectivity index (χ4v) is 0.311. The highest BCUT2D eigenvalue weighted by Crippen LogP contribution is 1.78. The van der Waals surface area contributed by atoms with Gasteiger partial charge < -0.3 is 10.1 Å². The van der Waals surface area contributed by atoms with E-state index < -0.39 is 0 Å². The zero-order valence-corrected chi connectivity index (χ0v) is 5.39. The van der Waals surface area contributed by atoms with Gasteiger partial charge in [0.2, 0.25) is 0 Å². The third kappa shape index (κ3) is 4.97. The number of ether oxygens (including phenoxy) is 1. The highest BCUT2D eigenvalue weighted by molar-refractivity contribution is 5.92. The summed E-state index contributed by atoms with van der Waals surface area (Å²) in [5.41, 5.74) is 0.400. The molecule has 2 nitrogen and oxygen atoms in total. The first-order valence-corrected chi connectivity index (χ1v) is 2.69. The lowest BCUT2D eigenvalue weighted by molar-refractivity contribution is 0.204. The Labute approximate surface area is 55.3 Å². The molecule has 0 aliphatic heterocycles. The Bertz CT molecular complexity index is 118. The van der Waals surface area contributed by atoms with Crippen molar-refractivity contribution >= 4 is 5.71 Å². The first-order valence-electron chi connectivity index (χ1n) is 2.69. The van der Waals surface area contributed by atoms with Crippen LogP contribution in [0.2, 0.25) is 0 Å². The minimum atomic E-state index is 0.329. The molecule has 0 spiro atoms. The maximum atomic E-state index is 7.04. The van der Waals surface area contributed by atoms with Crippen LogP contribution in [-0.4, -0.2) is 18.9 Å². The van der Waals surface area contributed by atoms with Crippen molar-refractivity contribution in [3.05, 3.63) is 25.3 Å². The van der Waals surface area contributed by atoms with Gasteiger partial charge in [-0.2, -0.15) is 0 Å². The smallest absolute Gasteiger partial charge is 0.0884 e. The summed E-state index contributed by atoms with van der Waals surface area (Å²) in [6.07, 6.45) is 3.11. The molecule has 0 aliphatic rings. The SMILES string of the molecule is C=CCOCC(=N)C=C. The summed E-state index contributed by atoms with van der Waals surface area (Å²) in [6, 6.07) is 0. The van der Waals surface area contributed by atoms with Crippen LogP contribution in [0.5, 0.6) is 0 Å². The van der Waals surface area contributed by atoms with Gasteiger partial charge in [-0.05, 0) is 6.08 Å². The molecule has 0 heterocycles. The van der Waals surface area contributed by atoms with Gasteiger partial charge in [-0.15, -0.1) is 6.58 Å². The van der Waals surface area contributed by atoms with E-state index in [2.05, 4.69) is 13.2 Å². The van der Waals surface area contributed by atoms with Crippen molar-refractivity contribution in [1.29, 1.82) is 5.41 Å². The maximum absolute atomic E-state index is 7.04. The lowest BCUT2D eigenvalue weighted by atomic mass is 10.4. The highest BCUT2D eigenvalue weighted by Gasteiger charge is 1.86. The van der Waals surface area contributed by atoms with Crippen molar-refractivity contribution in [3.63, 3.8) is 0 Å². The Morgan fingerprint density at radius 1 is 1.56 bits per heavy atom. The second kappa shape index (κ2) is 5.25. The van der Waals surface area contributed by atoms with E-state index in [4.69, 9.17) is 10.1 Å². The quantitative estimate of drug-likeness (QED) is 0.336. The Balaban J connectivity index is 3.16. The van der Waals surface area contributed by atoms with E-state index in [1.54, 1.807) is 6.08 Å². The molecule has 1 N–H and O–H groups in total. The monoisotopic (exact) mass is 125 g/mol. The second-order valence-electron chi connectivity index (χ2n) is 1.53. The number of hydrogen-bond acceptors (Lipinski definition) is 2. The van der Waals surface area contributed by atoms with Crippen LogP contribution in [0.4, 0.5) is 0 Å². The van der Waals surface area contributed by atoms with Crippen LogP contribution >= 0.6 is 0 Å². The van der Waals surface area contributed by atoms with Crippen LogP contribution in [0.1, 0.15) is 0 Å². The van der Waals surface area contributed by atoms with Gasteiger partial charge in [-0.3, -0.25) is 0 Å². The molecule has 0 aromatic carbocycles. The Hall–Kier alpha value is -0.890. The summed E-state index contributed by atoms with van der Waals surface area (Å²) in [6.45, 7) is 7.70. The lowest BCUT2D eigenvalue weighted by Gasteiger charge is -1.96.